The summed E-state index contributed by atoms with van der Waals surface area (Å²) in [6.07, 6.45) is -1.45. The van der Waals surface area contributed by atoms with E-state index in [9.17, 15) is 4.79 Å². The van der Waals surface area contributed by atoms with E-state index in [0.29, 0.717) is 19.8 Å². The number of carbonyl (C=O) groups is 1. The van der Waals surface area contributed by atoms with Crippen LogP contribution in [0.2, 0.25) is 0 Å². The molecule has 1 fully saturated rings. The maximum atomic E-state index is 12.4. The summed E-state index contributed by atoms with van der Waals surface area (Å²) in [6, 6.07) is 19.7. The highest BCUT2D eigenvalue weighted by Gasteiger charge is 2.38. The maximum absolute atomic E-state index is 12.4. The Kier molecular flexibility index (Phi) is 5.75. The van der Waals surface area contributed by atoms with E-state index < -0.39 is 18.3 Å². The van der Waals surface area contributed by atoms with Crippen LogP contribution in [0.15, 0.2) is 60.7 Å². The number of hydrogen-bond donors (Lipinski definition) is 0. The zero-order valence-corrected chi connectivity index (χ0v) is 13.8. The van der Waals surface area contributed by atoms with Gasteiger partial charge < -0.3 is 14.2 Å². The second-order valence-corrected chi connectivity index (χ2v) is 5.93. The molecule has 0 aliphatic carbocycles. The summed E-state index contributed by atoms with van der Waals surface area (Å²) < 4.78 is 17.3. The molecule has 0 spiro atoms. The Morgan fingerprint density at radius 1 is 0.917 bits per heavy atom. The SMILES string of the molecule is CC1OCC(OCc2ccccc2)C(OCc2ccccc2)C1=O. The molecule has 4 heteroatoms. The van der Waals surface area contributed by atoms with E-state index in [1.165, 1.54) is 0 Å². The van der Waals surface area contributed by atoms with Gasteiger partial charge in [0.2, 0.25) is 0 Å². The molecule has 3 atom stereocenters. The van der Waals surface area contributed by atoms with Crippen molar-refractivity contribution in [3.05, 3.63) is 71.8 Å². The predicted octanol–water partition coefficient (Wildman–Crippen LogP) is 3.15. The number of carbonyl (C=O) groups excluding carboxylic acids is 1. The largest absolute Gasteiger partial charge is 0.368 e. The second kappa shape index (κ2) is 8.20. The third-order valence-electron chi connectivity index (χ3n) is 4.11. The van der Waals surface area contributed by atoms with Gasteiger partial charge in [-0.1, -0.05) is 60.7 Å². The van der Waals surface area contributed by atoms with Crippen LogP contribution in [0.5, 0.6) is 0 Å². The highest BCUT2D eigenvalue weighted by molar-refractivity contribution is 5.88. The Hall–Kier alpha value is -2.01. The van der Waals surface area contributed by atoms with Crippen molar-refractivity contribution in [2.24, 2.45) is 0 Å². The monoisotopic (exact) mass is 326 g/mol. The smallest absolute Gasteiger partial charge is 0.192 e. The molecule has 1 aliphatic rings. The third kappa shape index (κ3) is 4.29. The molecule has 0 bridgehead atoms. The fraction of sp³-hybridized carbons (Fsp3) is 0.350. The van der Waals surface area contributed by atoms with Gasteiger partial charge in [-0.25, -0.2) is 0 Å². The standard InChI is InChI=1S/C20H22O4/c1-15-19(21)20(24-13-17-10-6-3-7-11-17)18(14-22-15)23-12-16-8-4-2-5-9-16/h2-11,15,18,20H,12-14H2,1H3. The lowest BCUT2D eigenvalue weighted by atomic mass is 10.0. The first-order valence-corrected chi connectivity index (χ1v) is 8.20. The van der Waals surface area contributed by atoms with Gasteiger partial charge in [-0.2, -0.15) is 0 Å². The van der Waals surface area contributed by atoms with E-state index in [0.717, 1.165) is 11.1 Å². The lowest BCUT2D eigenvalue weighted by Crippen LogP contribution is -2.51. The zero-order chi connectivity index (χ0) is 16.8. The van der Waals surface area contributed by atoms with Gasteiger partial charge in [0.25, 0.3) is 0 Å². The molecule has 0 radical (unpaired) electrons. The molecular formula is C20H22O4. The van der Waals surface area contributed by atoms with Gasteiger partial charge in [0.1, 0.15) is 18.3 Å². The summed E-state index contributed by atoms with van der Waals surface area (Å²) in [5.74, 6) is -0.0600. The van der Waals surface area contributed by atoms with Crippen molar-refractivity contribution in [2.45, 2.75) is 38.4 Å². The topological polar surface area (TPSA) is 44.8 Å². The average molecular weight is 326 g/mol. The van der Waals surface area contributed by atoms with Crippen molar-refractivity contribution in [3.63, 3.8) is 0 Å². The van der Waals surface area contributed by atoms with Crippen LogP contribution in [0.1, 0.15) is 18.1 Å². The van der Waals surface area contributed by atoms with Gasteiger partial charge in [0.05, 0.1) is 19.8 Å². The fourth-order valence-electron chi connectivity index (χ4n) is 2.69. The van der Waals surface area contributed by atoms with Gasteiger partial charge in [-0.05, 0) is 18.1 Å². The summed E-state index contributed by atoms with van der Waals surface area (Å²) in [4.78, 5) is 12.4. The summed E-state index contributed by atoms with van der Waals surface area (Å²) in [5, 5.41) is 0. The van der Waals surface area contributed by atoms with Crippen LogP contribution in [0.4, 0.5) is 0 Å². The van der Waals surface area contributed by atoms with Gasteiger partial charge in [0.15, 0.2) is 5.78 Å². The van der Waals surface area contributed by atoms with Crippen molar-refractivity contribution < 1.29 is 19.0 Å². The number of Topliss-reactive ketones (excluding diaryl/α,β-unsaturated/α-hetero) is 1. The van der Waals surface area contributed by atoms with Crippen LogP contribution < -0.4 is 0 Å². The van der Waals surface area contributed by atoms with Crippen LogP contribution in [0.25, 0.3) is 0 Å². The molecule has 3 rings (SSSR count). The van der Waals surface area contributed by atoms with E-state index in [2.05, 4.69) is 0 Å². The predicted molar refractivity (Wildman–Crippen MR) is 90.5 cm³/mol. The van der Waals surface area contributed by atoms with Crippen molar-refractivity contribution in [1.29, 1.82) is 0 Å². The minimum atomic E-state index is -0.599. The van der Waals surface area contributed by atoms with Crippen LogP contribution in [0, 0.1) is 0 Å². The number of rotatable bonds is 6. The fourth-order valence-corrected chi connectivity index (χ4v) is 2.69. The number of ether oxygens (including phenoxy) is 3. The molecule has 2 aromatic rings. The van der Waals surface area contributed by atoms with Gasteiger partial charge in [0, 0.05) is 0 Å². The molecule has 0 amide bonds. The lowest BCUT2D eigenvalue weighted by Gasteiger charge is -2.33. The third-order valence-corrected chi connectivity index (χ3v) is 4.11. The van der Waals surface area contributed by atoms with Crippen molar-refractivity contribution >= 4 is 5.78 Å². The molecule has 3 unspecified atom stereocenters. The van der Waals surface area contributed by atoms with E-state index in [4.69, 9.17) is 14.2 Å². The molecular weight excluding hydrogens is 304 g/mol. The molecule has 4 nitrogen and oxygen atoms in total. The number of ketones is 1. The minimum absolute atomic E-state index is 0.0600. The molecule has 1 aliphatic heterocycles. The molecule has 0 saturated carbocycles. The van der Waals surface area contributed by atoms with Gasteiger partial charge in [-0.3, -0.25) is 4.79 Å². The van der Waals surface area contributed by atoms with Crippen LogP contribution >= 0.6 is 0 Å². The lowest BCUT2D eigenvalue weighted by molar-refractivity contribution is -0.181. The number of hydrogen-bond acceptors (Lipinski definition) is 4. The first-order valence-electron chi connectivity index (χ1n) is 8.20. The molecule has 1 saturated heterocycles. The Morgan fingerprint density at radius 2 is 1.46 bits per heavy atom. The summed E-state index contributed by atoms with van der Waals surface area (Å²) in [7, 11) is 0. The summed E-state index contributed by atoms with van der Waals surface area (Å²) in [5.41, 5.74) is 2.09. The first-order chi connectivity index (χ1) is 11.7. The molecule has 24 heavy (non-hydrogen) atoms. The van der Waals surface area contributed by atoms with E-state index >= 15 is 0 Å². The molecule has 2 aromatic carbocycles. The molecule has 0 aromatic heterocycles. The maximum Gasteiger partial charge on any atom is 0.192 e. The van der Waals surface area contributed by atoms with Crippen molar-refractivity contribution in [3.8, 4) is 0 Å². The van der Waals surface area contributed by atoms with Crippen LogP contribution in [-0.2, 0) is 32.2 Å². The summed E-state index contributed by atoms with van der Waals surface area (Å²) in [6.45, 7) is 2.94. The minimum Gasteiger partial charge on any atom is -0.368 e. The van der Waals surface area contributed by atoms with E-state index in [-0.39, 0.29) is 5.78 Å². The van der Waals surface area contributed by atoms with Crippen LogP contribution in [-0.4, -0.2) is 30.7 Å². The Labute approximate surface area is 142 Å². The highest BCUT2D eigenvalue weighted by Crippen LogP contribution is 2.20. The Morgan fingerprint density at radius 3 is 2.04 bits per heavy atom. The normalized spacial score (nSPS) is 24.0. The first kappa shape index (κ1) is 16.8. The molecule has 126 valence electrons. The highest BCUT2D eigenvalue weighted by atomic mass is 16.6. The quantitative estimate of drug-likeness (QED) is 0.818. The molecule has 0 N–H and O–H groups in total. The Bertz CT molecular complexity index is 641. The van der Waals surface area contributed by atoms with Crippen molar-refractivity contribution in [2.75, 3.05) is 6.61 Å². The Balaban J connectivity index is 1.63. The van der Waals surface area contributed by atoms with Crippen LogP contribution in [0.3, 0.4) is 0 Å². The van der Waals surface area contributed by atoms with Gasteiger partial charge in [-0.15, -0.1) is 0 Å². The van der Waals surface area contributed by atoms with E-state index in [1.807, 2.05) is 60.7 Å². The second-order valence-electron chi connectivity index (χ2n) is 5.93. The average Bonchev–Trinajstić information content (AvgIpc) is 2.63. The van der Waals surface area contributed by atoms with Crippen molar-refractivity contribution in [1.82, 2.24) is 0 Å². The molecule has 1 heterocycles. The zero-order valence-electron chi connectivity index (χ0n) is 13.8. The van der Waals surface area contributed by atoms with E-state index in [1.54, 1.807) is 6.92 Å². The number of benzene rings is 2. The van der Waals surface area contributed by atoms with Gasteiger partial charge >= 0.3 is 0 Å². The summed E-state index contributed by atoms with van der Waals surface area (Å²) >= 11 is 0.